The van der Waals surface area contributed by atoms with Crippen molar-refractivity contribution in [3.05, 3.63) is 70.7 Å². The van der Waals surface area contributed by atoms with E-state index in [0.29, 0.717) is 41.7 Å². The zero-order valence-electron chi connectivity index (χ0n) is 18.7. The van der Waals surface area contributed by atoms with Crippen LogP contribution in [0.1, 0.15) is 28.0 Å². The molecule has 1 aliphatic rings. The lowest BCUT2D eigenvalue weighted by atomic mass is 10.0. The third kappa shape index (κ3) is 5.46. The van der Waals surface area contributed by atoms with Crippen LogP contribution in [0.2, 0.25) is 0 Å². The van der Waals surface area contributed by atoms with Crippen LogP contribution in [0, 0.1) is 17.5 Å². The molecule has 1 aliphatic heterocycles. The summed E-state index contributed by atoms with van der Waals surface area (Å²) < 4.78 is 47.0. The Morgan fingerprint density at radius 1 is 1.11 bits per heavy atom. The van der Waals surface area contributed by atoms with E-state index in [1.807, 2.05) is 0 Å². The van der Waals surface area contributed by atoms with Crippen molar-refractivity contribution in [3.8, 4) is 11.3 Å². The average Bonchev–Trinajstić information content (AvgIpc) is 3.25. The molecule has 8 nitrogen and oxygen atoms in total. The number of ether oxygens (including phenoxy) is 1. The molecule has 0 saturated carbocycles. The fourth-order valence-electron chi connectivity index (χ4n) is 3.97. The number of nitrogens with two attached hydrogens (primary N) is 1. The Bertz CT molecular complexity index is 1250. The molecule has 1 atom stereocenters. The third-order valence-electron chi connectivity index (χ3n) is 5.71. The first-order valence-electron chi connectivity index (χ1n) is 10.5. The first-order chi connectivity index (χ1) is 16.3. The summed E-state index contributed by atoms with van der Waals surface area (Å²) in [5.41, 5.74) is 7.90. The number of carbonyl (C=O) groups is 2. The van der Waals surface area contributed by atoms with Gasteiger partial charge in [0.2, 0.25) is 5.91 Å². The molecule has 35 heavy (non-hydrogen) atoms. The number of esters is 1. The summed E-state index contributed by atoms with van der Waals surface area (Å²) in [5.74, 6) is -4.17. The molecule has 3 aromatic rings. The van der Waals surface area contributed by atoms with Crippen molar-refractivity contribution in [2.75, 3.05) is 13.7 Å². The SMILES string of the molecule is COC(=O)c1ccccc1-c1nnn2c1CN(C(=O)C[C@H](N)Cc1cc(F)c(F)cc1F)CC2.Cl. The predicted octanol–water partition coefficient (Wildman–Crippen LogP) is 2.87. The molecule has 0 spiro atoms. The van der Waals surface area contributed by atoms with E-state index in [-0.39, 0.29) is 43.3 Å². The Morgan fingerprint density at radius 2 is 1.83 bits per heavy atom. The van der Waals surface area contributed by atoms with Gasteiger partial charge in [0, 0.05) is 30.6 Å². The maximum absolute atomic E-state index is 13.9. The minimum atomic E-state index is -1.28. The van der Waals surface area contributed by atoms with Crippen LogP contribution in [0.25, 0.3) is 11.3 Å². The van der Waals surface area contributed by atoms with Crippen LogP contribution in [0.5, 0.6) is 0 Å². The van der Waals surface area contributed by atoms with Gasteiger partial charge in [0.15, 0.2) is 11.6 Å². The van der Waals surface area contributed by atoms with Gasteiger partial charge >= 0.3 is 5.97 Å². The van der Waals surface area contributed by atoms with Crippen LogP contribution in [-0.4, -0.2) is 51.5 Å². The van der Waals surface area contributed by atoms with Crippen molar-refractivity contribution in [1.29, 1.82) is 0 Å². The number of benzene rings is 2. The van der Waals surface area contributed by atoms with Crippen LogP contribution in [0.3, 0.4) is 0 Å². The highest BCUT2D eigenvalue weighted by Gasteiger charge is 2.28. The Hall–Kier alpha value is -3.44. The highest BCUT2D eigenvalue weighted by molar-refractivity contribution is 5.97. The fourth-order valence-corrected chi connectivity index (χ4v) is 3.97. The largest absolute Gasteiger partial charge is 0.465 e. The van der Waals surface area contributed by atoms with Gasteiger partial charge in [-0.3, -0.25) is 4.79 Å². The molecule has 2 N–H and O–H groups in total. The second-order valence-electron chi connectivity index (χ2n) is 7.99. The standard InChI is InChI=1S/C23H22F3N5O3.ClH/c1-34-23(33)16-5-3-2-4-15(16)22-20-12-30(6-7-31(20)29-28-22)21(32)10-14(27)8-13-9-18(25)19(26)11-17(13)24;/h2-5,9,11,14H,6-8,10,12,27H2,1H3;1H/t14-;/m1./s1. The zero-order chi connectivity index (χ0) is 24.4. The molecule has 0 fully saturated rings. The van der Waals surface area contributed by atoms with E-state index in [9.17, 15) is 22.8 Å². The van der Waals surface area contributed by atoms with E-state index >= 15 is 0 Å². The summed E-state index contributed by atoms with van der Waals surface area (Å²) in [6.45, 7) is 0.934. The van der Waals surface area contributed by atoms with Crippen molar-refractivity contribution in [1.82, 2.24) is 19.9 Å². The Balaban J connectivity index is 0.00000342. The zero-order valence-corrected chi connectivity index (χ0v) is 19.5. The number of nitrogens with zero attached hydrogens (tertiary/aromatic N) is 4. The number of hydrogen-bond donors (Lipinski definition) is 1. The minimum Gasteiger partial charge on any atom is -0.465 e. The third-order valence-corrected chi connectivity index (χ3v) is 5.71. The molecular weight excluding hydrogens is 487 g/mol. The molecule has 12 heteroatoms. The molecule has 0 saturated heterocycles. The van der Waals surface area contributed by atoms with E-state index in [4.69, 9.17) is 10.5 Å². The van der Waals surface area contributed by atoms with Crippen LogP contribution in [-0.2, 0) is 29.0 Å². The molecule has 186 valence electrons. The van der Waals surface area contributed by atoms with Gasteiger partial charge in [0.05, 0.1) is 31.5 Å². The molecular formula is C23H23ClF3N5O3. The molecule has 1 amide bonds. The van der Waals surface area contributed by atoms with E-state index in [1.54, 1.807) is 33.8 Å². The molecule has 1 aromatic heterocycles. The number of carbonyl (C=O) groups excluding carboxylic acids is 2. The number of aromatic nitrogens is 3. The predicted molar refractivity (Wildman–Crippen MR) is 122 cm³/mol. The van der Waals surface area contributed by atoms with Crippen LogP contribution >= 0.6 is 12.4 Å². The van der Waals surface area contributed by atoms with Crippen LogP contribution in [0.15, 0.2) is 36.4 Å². The first kappa shape index (κ1) is 26.2. The average molecular weight is 510 g/mol. The highest BCUT2D eigenvalue weighted by Crippen LogP contribution is 2.28. The Morgan fingerprint density at radius 3 is 2.57 bits per heavy atom. The normalized spacial score (nSPS) is 13.6. The second-order valence-corrected chi connectivity index (χ2v) is 7.99. The number of rotatable bonds is 6. The number of amides is 1. The van der Waals surface area contributed by atoms with Crippen molar-refractivity contribution in [2.24, 2.45) is 5.73 Å². The number of methoxy groups -OCH3 is 1. The van der Waals surface area contributed by atoms with E-state index in [2.05, 4.69) is 10.3 Å². The van der Waals surface area contributed by atoms with E-state index in [0.717, 1.165) is 6.07 Å². The molecule has 0 aliphatic carbocycles. The topological polar surface area (TPSA) is 103 Å². The summed E-state index contributed by atoms with van der Waals surface area (Å²) >= 11 is 0. The fraction of sp³-hybridized carbons (Fsp3) is 0.304. The molecule has 0 unspecified atom stereocenters. The monoisotopic (exact) mass is 509 g/mol. The van der Waals surface area contributed by atoms with Crippen LogP contribution < -0.4 is 5.73 Å². The van der Waals surface area contributed by atoms with Gasteiger partial charge in [-0.1, -0.05) is 23.4 Å². The molecule has 2 aromatic carbocycles. The number of fused-ring (bicyclic) bond motifs is 1. The quantitative estimate of drug-likeness (QED) is 0.405. The van der Waals surface area contributed by atoms with Gasteiger partial charge in [0.1, 0.15) is 11.5 Å². The van der Waals surface area contributed by atoms with Gasteiger partial charge in [-0.05, 0) is 24.1 Å². The lowest BCUT2D eigenvalue weighted by Gasteiger charge is -2.29. The summed E-state index contributed by atoms with van der Waals surface area (Å²) in [6.07, 6.45) is -0.242. The molecule has 4 rings (SSSR count). The van der Waals surface area contributed by atoms with E-state index in [1.165, 1.54) is 7.11 Å². The smallest absolute Gasteiger partial charge is 0.338 e. The van der Waals surface area contributed by atoms with Crippen molar-refractivity contribution in [2.45, 2.75) is 32.0 Å². The van der Waals surface area contributed by atoms with Crippen molar-refractivity contribution < 1.29 is 27.5 Å². The van der Waals surface area contributed by atoms with Gasteiger partial charge in [-0.2, -0.15) is 0 Å². The lowest BCUT2D eigenvalue weighted by molar-refractivity contribution is -0.133. The molecule has 0 radical (unpaired) electrons. The van der Waals surface area contributed by atoms with Gasteiger partial charge in [0.25, 0.3) is 0 Å². The highest BCUT2D eigenvalue weighted by atomic mass is 35.5. The molecule has 2 heterocycles. The van der Waals surface area contributed by atoms with Gasteiger partial charge < -0.3 is 15.4 Å². The van der Waals surface area contributed by atoms with E-state index < -0.39 is 29.5 Å². The summed E-state index contributed by atoms with van der Waals surface area (Å²) in [4.78, 5) is 26.7. The summed E-state index contributed by atoms with van der Waals surface area (Å²) in [6, 6.07) is 7.24. The Labute approximate surface area is 205 Å². The van der Waals surface area contributed by atoms with Gasteiger partial charge in [-0.15, -0.1) is 17.5 Å². The summed E-state index contributed by atoms with van der Waals surface area (Å²) in [5, 5.41) is 8.35. The maximum Gasteiger partial charge on any atom is 0.338 e. The van der Waals surface area contributed by atoms with Crippen molar-refractivity contribution in [3.63, 3.8) is 0 Å². The second kappa shape index (κ2) is 10.9. The first-order valence-corrected chi connectivity index (χ1v) is 10.5. The lowest BCUT2D eigenvalue weighted by Crippen LogP contribution is -2.41. The number of halogens is 4. The number of hydrogen-bond acceptors (Lipinski definition) is 6. The van der Waals surface area contributed by atoms with Gasteiger partial charge in [-0.25, -0.2) is 22.6 Å². The molecule has 0 bridgehead atoms. The minimum absolute atomic E-state index is 0. The summed E-state index contributed by atoms with van der Waals surface area (Å²) in [7, 11) is 1.29. The van der Waals surface area contributed by atoms with Crippen molar-refractivity contribution >= 4 is 24.3 Å². The van der Waals surface area contributed by atoms with Crippen LogP contribution in [0.4, 0.5) is 13.2 Å². The maximum atomic E-state index is 13.9. The Kier molecular flexibility index (Phi) is 8.13.